The van der Waals surface area contributed by atoms with E-state index in [0.717, 1.165) is 45.1 Å². The molecule has 0 N–H and O–H groups in total. The summed E-state index contributed by atoms with van der Waals surface area (Å²) in [6.07, 6.45) is -2.90. The highest BCUT2D eigenvalue weighted by Gasteiger charge is 2.36. The van der Waals surface area contributed by atoms with Crippen molar-refractivity contribution in [2.45, 2.75) is 12.8 Å². The first-order chi connectivity index (χ1) is 18.2. The van der Waals surface area contributed by atoms with E-state index in [1.807, 2.05) is 42.5 Å². The summed E-state index contributed by atoms with van der Waals surface area (Å²) in [4.78, 5) is 14.5. The summed E-state index contributed by atoms with van der Waals surface area (Å²) in [5.74, 6) is 0.524. The lowest BCUT2D eigenvalue weighted by Crippen LogP contribution is -2.27. The number of carbonyl (C=O) groups excluding carboxylic acids is 1. The Hall–Kier alpha value is -3.82. The van der Waals surface area contributed by atoms with Gasteiger partial charge in [0.2, 0.25) is 0 Å². The summed E-state index contributed by atoms with van der Waals surface area (Å²) >= 11 is 6.34. The molecule has 0 spiro atoms. The Morgan fingerprint density at radius 1 is 0.947 bits per heavy atom. The Kier molecular flexibility index (Phi) is 7.14. The van der Waals surface area contributed by atoms with E-state index in [1.165, 1.54) is 19.2 Å². The number of halogens is 3. The Morgan fingerprint density at radius 2 is 1.71 bits per heavy atom. The number of carbonyl (C=O) groups is 1. The first-order valence-corrected chi connectivity index (χ1v) is 12.7. The molecule has 9 heteroatoms. The Bertz CT molecular complexity index is 1580. The number of thioether (sulfide) groups is 1. The van der Waals surface area contributed by atoms with Crippen molar-refractivity contribution >= 4 is 56.7 Å². The largest absolute Gasteiger partial charge is 0.493 e. The van der Waals surface area contributed by atoms with Gasteiger partial charge < -0.3 is 9.47 Å². The van der Waals surface area contributed by atoms with Crippen molar-refractivity contribution in [2.75, 3.05) is 12.0 Å². The molecule has 0 atom stereocenters. The van der Waals surface area contributed by atoms with Gasteiger partial charge in [-0.25, -0.2) is 0 Å². The van der Waals surface area contributed by atoms with Crippen LogP contribution in [-0.4, -0.2) is 17.3 Å². The summed E-state index contributed by atoms with van der Waals surface area (Å²) < 4.78 is 51.2. The van der Waals surface area contributed by atoms with Crippen LogP contribution >= 0.6 is 24.0 Å². The molecule has 192 valence electrons. The molecule has 4 aromatic carbocycles. The molecule has 0 unspecified atom stereocenters. The fourth-order valence-electron chi connectivity index (χ4n) is 4.13. The summed E-state index contributed by atoms with van der Waals surface area (Å²) in [5, 5.41) is 2.23. The minimum atomic E-state index is -4.53. The standard InChI is InChI=1S/C29H20F3NO3S2/c1-35-25-14-18(12-13-24(25)36-17-20-8-4-7-19-6-2-3-11-23(19)20)15-26-27(34)33(28(37)38-26)22-10-5-9-21(16-22)29(30,31)32/h2-16H,17H2,1H3/b26-15-. The predicted molar refractivity (Wildman–Crippen MR) is 148 cm³/mol. The molecule has 4 nitrogen and oxygen atoms in total. The van der Waals surface area contributed by atoms with E-state index in [2.05, 4.69) is 0 Å². The van der Waals surface area contributed by atoms with Gasteiger partial charge in [-0.2, -0.15) is 13.2 Å². The van der Waals surface area contributed by atoms with Crippen molar-refractivity contribution in [3.05, 3.63) is 107 Å². The van der Waals surface area contributed by atoms with Crippen LogP contribution in [0, 0.1) is 0 Å². The topological polar surface area (TPSA) is 38.8 Å². The fraction of sp³-hybridized carbons (Fsp3) is 0.103. The molecular weight excluding hydrogens is 531 g/mol. The van der Waals surface area contributed by atoms with Gasteiger partial charge in [0.1, 0.15) is 6.61 Å². The minimum absolute atomic E-state index is 0.0699. The van der Waals surface area contributed by atoms with Crippen molar-refractivity contribution in [1.29, 1.82) is 0 Å². The zero-order valence-corrected chi connectivity index (χ0v) is 21.6. The van der Waals surface area contributed by atoms with Crippen molar-refractivity contribution < 1.29 is 27.4 Å². The van der Waals surface area contributed by atoms with Crippen LogP contribution in [0.5, 0.6) is 11.5 Å². The average molecular weight is 552 g/mol. The Balaban J connectivity index is 1.36. The van der Waals surface area contributed by atoms with Crippen LogP contribution in [-0.2, 0) is 17.6 Å². The summed E-state index contributed by atoms with van der Waals surface area (Å²) in [5.41, 5.74) is 0.911. The van der Waals surface area contributed by atoms with Gasteiger partial charge in [-0.1, -0.05) is 78.6 Å². The second-order valence-electron chi connectivity index (χ2n) is 8.40. The number of rotatable bonds is 6. The van der Waals surface area contributed by atoms with Gasteiger partial charge in [0.15, 0.2) is 15.8 Å². The molecule has 0 radical (unpaired) electrons. The number of amides is 1. The quantitative estimate of drug-likeness (QED) is 0.180. The molecule has 4 aromatic rings. The summed E-state index contributed by atoms with van der Waals surface area (Å²) in [6.45, 7) is 0.340. The van der Waals surface area contributed by atoms with Crippen molar-refractivity contribution in [2.24, 2.45) is 0 Å². The van der Waals surface area contributed by atoms with Crippen molar-refractivity contribution in [3.8, 4) is 11.5 Å². The SMILES string of the molecule is COc1cc(/C=C2\SC(=S)N(c3cccc(C(F)(F)F)c3)C2=O)ccc1OCc1cccc2ccccc12. The maximum absolute atomic E-state index is 13.2. The van der Waals surface area contributed by atoms with Crippen molar-refractivity contribution in [1.82, 2.24) is 0 Å². The van der Waals surface area contributed by atoms with Gasteiger partial charge in [0.25, 0.3) is 5.91 Å². The number of benzene rings is 4. The van der Waals surface area contributed by atoms with E-state index < -0.39 is 17.6 Å². The van der Waals surface area contributed by atoms with Crippen molar-refractivity contribution in [3.63, 3.8) is 0 Å². The highest BCUT2D eigenvalue weighted by Crippen LogP contribution is 2.39. The molecule has 1 aliphatic rings. The van der Waals surface area contributed by atoms with Crippen LogP contribution in [0.4, 0.5) is 18.9 Å². The molecule has 1 amide bonds. The lowest BCUT2D eigenvalue weighted by molar-refractivity contribution is -0.137. The van der Waals surface area contributed by atoms with Gasteiger partial charge in [-0.05, 0) is 58.3 Å². The molecule has 0 aromatic heterocycles. The van der Waals surface area contributed by atoms with E-state index in [9.17, 15) is 18.0 Å². The van der Waals surface area contributed by atoms with Crippen LogP contribution in [0.1, 0.15) is 16.7 Å². The normalized spacial score (nSPS) is 14.9. The first-order valence-electron chi connectivity index (χ1n) is 11.5. The number of hydrogen-bond donors (Lipinski definition) is 0. The van der Waals surface area contributed by atoms with Crippen LogP contribution in [0.2, 0.25) is 0 Å². The number of hydrogen-bond acceptors (Lipinski definition) is 5. The van der Waals surface area contributed by atoms with E-state index in [-0.39, 0.29) is 10.0 Å². The van der Waals surface area contributed by atoms with E-state index in [0.29, 0.717) is 28.6 Å². The van der Waals surface area contributed by atoms with E-state index in [4.69, 9.17) is 21.7 Å². The third-order valence-corrected chi connectivity index (χ3v) is 7.28. The lowest BCUT2D eigenvalue weighted by atomic mass is 10.1. The average Bonchev–Trinajstić information content (AvgIpc) is 3.19. The molecule has 5 rings (SSSR count). The number of anilines is 1. The second-order valence-corrected chi connectivity index (χ2v) is 10.1. The molecule has 0 saturated carbocycles. The smallest absolute Gasteiger partial charge is 0.416 e. The van der Waals surface area contributed by atoms with Crippen LogP contribution in [0.3, 0.4) is 0 Å². The van der Waals surface area contributed by atoms with Crippen LogP contribution in [0.25, 0.3) is 16.8 Å². The zero-order valence-electron chi connectivity index (χ0n) is 20.0. The van der Waals surface area contributed by atoms with Gasteiger partial charge in [0, 0.05) is 0 Å². The lowest BCUT2D eigenvalue weighted by Gasteiger charge is -2.16. The van der Waals surface area contributed by atoms with Gasteiger partial charge in [-0.3, -0.25) is 9.69 Å². The molecule has 1 fully saturated rings. The number of ether oxygens (including phenoxy) is 2. The fourth-order valence-corrected chi connectivity index (χ4v) is 5.43. The van der Waals surface area contributed by atoms with Gasteiger partial charge in [-0.15, -0.1) is 0 Å². The van der Waals surface area contributed by atoms with Crippen LogP contribution in [0.15, 0.2) is 89.8 Å². The third kappa shape index (κ3) is 5.25. The van der Waals surface area contributed by atoms with Crippen LogP contribution < -0.4 is 14.4 Å². The molecule has 0 bridgehead atoms. The highest BCUT2D eigenvalue weighted by molar-refractivity contribution is 8.27. The molecule has 1 heterocycles. The number of methoxy groups -OCH3 is 1. The van der Waals surface area contributed by atoms with E-state index >= 15 is 0 Å². The molecule has 1 aliphatic heterocycles. The number of alkyl halides is 3. The number of nitrogens with zero attached hydrogens (tertiary/aromatic N) is 1. The first kappa shape index (κ1) is 25.8. The molecule has 1 saturated heterocycles. The molecular formula is C29H20F3NO3S2. The zero-order chi connectivity index (χ0) is 26.9. The Morgan fingerprint density at radius 3 is 2.50 bits per heavy atom. The maximum atomic E-state index is 13.2. The second kappa shape index (κ2) is 10.5. The van der Waals surface area contributed by atoms with Gasteiger partial charge in [0.05, 0.1) is 23.3 Å². The number of fused-ring (bicyclic) bond motifs is 1. The summed E-state index contributed by atoms with van der Waals surface area (Å²) in [7, 11) is 1.52. The third-order valence-electron chi connectivity index (χ3n) is 5.97. The monoisotopic (exact) mass is 551 g/mol. The van der Waals surface area contributed by atoms with Gasteiger partial charge >= 0.3 is 6.18 Å². The molecule has 0 aliphatic carbocycles. The molecule has 38 heavy (non-hydrogen) atoms. The minimum Gasteiger partial charge on any atom is -0.493 e. The highest BCUT2D eigenvalue weighted by atomic mass is 32.2. The maximum Gasteiger partial charge on any atom is 0.416 e. The Labute approximate surface area is 226 Å². The summed E-state index contributed by atoms with van der Waals surface area (Å²) in [6, 6.07) is 23.9. The predicted octanol–water partition coefficient (Wildman–Crippen LogP) is 7.85. The van der Waals surface area contributed by atoms with E-state index in [1.54, 1.807) is 24.3 Å². The number of thiocarbonyl (C=S) groups is 1.